The van der Waals surface area contributed by atoms with Gasteiger partial charge in [0, 0.05) is 17.6 Å². The fourth-order valence-electron chi connectivity index (χ4n) is 1.22. The van der Waals surface area contributed by atoms with Gasteiger partial charge < -0.3 is 5.73 Å². The lowest BCUT2D eigenvalue weighted by molar-refractivity contribution is 0.685. The fraction of sp³-hybridized carbons (Fsp3) is 0.200. The second-order valence-electron chi connectivity index (χ2n) is 3.26. The van der Waals surface area contributed by atoms with E-state index in [4.69, 9.17) is 5.73 Å². The number of nitrogens with two attached hydrogens (primary N) is 1. The van der Waals surface area contributed by atoms with Crippen LogP contribution in [0.1, 0.15) is 5.56 Å². The molecule has 2 N–H and O–H groups in total. The van der Waals surface area contributed by atoms with Gasteiger partial charge in [0.15, 0.2) is 5.16 Å². The zero-order valence-corrected chi connectivity index (χ0v) is 9.45. The topological polar surface area (TPSA) is 56.7 Å². The summed E-state index contributed by atoms with van der Waals surface area (Å²) in [4.78, 5) is 5.16. The van der Waals surface area contributed by atoms with E-state index in [0.29, 0.717) is 0 Å². The van der Waals surface area contributed by atoms with E-state index in [1.165, 1.54) is 18.1 Å². The Hall–Kier alpha value is -1.49. The molecule has 0 amide bonds. The highest BCUT2D eigenvalue weighted by Gasteiger charge is 2.07. The molecule has 2 aromatic rings. The van der Waals surface area contributed by atoms with Crippen LogP contribution in [-0.4, -0.2) is 14.8 Å². The standard InChI is InChI=1S/C10H12N4S/c1-7-4-3-5-8(9(7)11)15-10-12-6-13-14(10)2/h3-6H,11H2,1-2H3. The predicted octanol–water partition coefficient (Wildman–Crippen LogP) is 1.86. The molecule has 0 aliphatic rings. The van der Waals surface area contributed by atoms with Gasteiger partial charge in [-0.05, 0) is 30.3 Å². The maximum absolute atomic E-state index is 5.97. The van der Waals surface area contributed by atoms with Crippen LogP contribution in [0.15, 0.2) is 34.6 Å². The molecule has 0 radical (unpaired) electrons. The van der Waals surface area contributed by atoms with Gasteiger partial charge in [-0.1, -0.05) is 12.1 Å². The minimum atomic E-state index is 0.811. The number of aromatic nitrogens is 3. The minimum absolute atomic E-state index is 0.811. The number of nitrogen functional groups attached to an aromatic ring is 1. The molecule has 0 spiro atoms. The van der Waals surface area contributed by atoms with Crippen LogP contribution in [0.4, 0.5) is 5.69 Å². The van der Waals surface area contributed by atoms with Crippen molar-refractivity contribution in [3.63, 3.8) is 0 Å². The summed E-state index contributed by atoms with van der Waals surface area (Å²) < 4.78 is 1.73. The van der Waals surface area contributed by atoms with Crippen molar-refractivity contribution < 1.29 is 0 Å². The van der Waals surface area contributed by atoms with Crippen molar-refractivity contribution in [3.8, 4) is 0 Å². The summed E-state index contributed by atoms with van der Waals surface area (Å²) in [5, 5.41) is 4.85. The van der Waals surface area contributed by atoms with Crippen LogP contribution in [0.3, 0.4) is 0 Å². The summed E-state index contributed by atoms with van der Waals surface area (Å²) in [6, 6.07) is 5.97. The van der Waals surface area contributed by atoms with Gasteiger partial charge in [0.1, 0.15) is 6.33 Å². The molecule has 0 aliphatic heterocycles. The van der Waals surface area contributed by atoms with Crippen LogP contribution in [0.5, 0.6) is 0 Å². The molecule has 2 rings (SSSR count). The Kier molecular flexibility index (Phi) is 2.64. The van der Waals surface area contributed by atoms with Crippen LogP contribution < -0.4 is 5.73 Å². The summed E-state index contributed by atoms with van der Waals surface area (Å²) >= 11 is 1.53. The predicted molar refractivity (Wildman–Crippen MR) is 60.7 cm³/mol. The Balaban J connectivity index is 2.33. The summed E-state index contributed by atoms with van der Waals surface area (Å²) in [5.74, 6) is 0. The van der Waals surface area contributed by atoms with Crippen molar-refractivity contribution in [1.82, 2.24) is 14.8 Å². The van der Waals surface area contributed by atoms with Gasteiger partial charge in [-0.2, -0.15) is 5.10 Å². The molecule has 0 aliphatic carbocycles. The van der Waals surface area contributed by atoms with Crippen molar-refractivity contribution in [1.29, 1.82) is 0 Å². The third-order valence-corrected chi connectivity index (χ3v) is 3.28. The van der Waals surface area contributed by atoms with Crippen molar-refractivity contribution in [2.75, 3.05) is 5.73 Å². The monoisotopic (exact) mass is 220 g/mol. The van der Waals surface area contributed by atoms with Gasteiger partial charge in [0.05, 0.1) is 0 Å². The molecule has 15 heavy (non-hydrogen) atoms. The maximum Gasteiger partial charge on any atom is 0.190 e. The van der Waals surface area contributed by atoms with E-state index < -0.39 is 0 Å². The Labute approximate surface area is 92.5 Å². The summed E-state index contributed by atoms with van der Waals surface area (Å²) in [7, 11) is 1.86. The zero-order valence-electron chi connectivity index (χ0n) is 8.64. The highest BCUT2D eigenvalue weighted by molar-refractivity contribution is 7.99. The molecule has 5 heteroatoms. The van der Waals surface area contributed by atoms with Crippen LogP contribution >= 0.6 is 11.8 Å². The molecule has 1 aromatic heterocycles. The molecule has 0 fully saturated rings. The van der Waals surface area contributed by atoms with Crippen LogP contribution in [0.2, 0.25) is 0 Å². The molecule has 0 atom stereocenters. The van der Waals surface area contributed by atoms with E-state index in [9.17, 15) is 0 Å². The normalized spacial score (nSPS) is 10.5. The van der Waals surface area contributed by atoms with Gasteiger partial charge in [-0.15, -0.1) is 0 Å². The van der Waals surface area contributed by atoms with Crippen LogP contribution in [0.25, 0.3) is 0 Å². The maximum atomic E-state index is 5.97. The van der Waals surface area contributed by atoms with Gasteiger partial charge in [-0.25, -0.2) is 9.67 Å². The third-order valence-electron chi connectivity index (χ3n) is 2.16. The average molecular weight is 220 g/mol. The first-order valence-corrected chi connectivity index (χ1v) is 5.37. The molecular formula is C10H12N4S. The van der Waals surface area contributed by atoms with E-state index in [-0.39, 0.29) is 0 Å². The number of hydrogen-bond donors (Lipinski definition) is 1. The SMILES string of the molecule is Cc1cccc(Sc2ncnn2C)c1N. The zero-order chi connectivity index (χ0) is 10.8. The Morgan fingerprint density at radius 1 is 1.40 bits per heavy atom. The van der Waals surface area contributed by atoms with E-state index in [0.717, 1.165) is 21.3 Å². The number of hydrogen-bond acceptors (Lipinski definition) is 4. The lowest BCUT2D eigenvalue weighted by Crippen LogP contribution is -1.95. The lowest BCUT2D eigenvalue weighted by Gasteiger charge is -2.06. The molecule has 0 saturated carbocycles. The number of aryl methyl sites for hydroxylation is 2. The van der Waals surface area contributed by atoms with Crippen molar-refractivity contribution in [2.24, 2.45) is 7.05 Å². The van der Waals surface area contributed by atoms with E-state index in [1.807, 2.05) is 32.2 Å². The highest BCUT2D eigenvalue weighted by Crippen LogP contribution is 2.31. The number of benzene rings is 1. The van der Waals surface area contributed by atoms with E-state index in [2.05, 4.69) is 10.1 Å². The Bertz CT molecular complexity index is 478. The minimum Gasteiger partial charge on any atom is -0.398 e. The molecule has 0 unspecified atom stereocenters. The third kappa shape index (κ3) is 1.97. The Morgan fingerprint density at radius 3 is 2.87 bits per heavy atom. The number of nitrogens with zero attached hydrogens (tertiary/aromatic N) is 3. The molecule has 1 heterocycles. The molecule has 0 bridgehead atoms. The highest BCUT2D eigenvalue weighted by atomic mass is 32.2. The average Bonchev–Trinajstić information content (AvgIpc) is 2.60. The first-order valence-electron chi connectivity index (χ1n) is 4.55. The summed E-state index contributed by atoms with van der Waals surface area (Å²) in [6.45, 7) is 2.00. The number of anilines is 1. The summed E-state index contributed by atoms with van der Waals surface area (Å²) in [6.07, 6.45) is 1.54. The molecule has 78 valence electrons. The van der Waals surface area contributed by atoms with Gasteiger partial charge in [-0.3, -0.25) is 0 Å². The number of rotatable bonds is 2. The van der Waals surface area contributed by atoms with E-state index in [1.54, 1.807) is 4.68 Å². The largest absolute Gasteiger partial charge is 0.398 e. The second-order valence-corrected chi connectivity index (χ2v) is 4.26. The first kappa shape index (κ1) is 10.0. The van der Waals surface area contributed by atoms with Crippen molar-refractivity contribution >= 4 is 17.4 Å². The first-order chi connectivity index (χ1) is 7.18. The fourth-order valence-corrected chi connectivity index (χ4v) is 2.11. The summed E-state index contributed by atoms with van der Waals surface area (Å²) in [5.41, 5.74) is 7.87. The van der Waals surface area contributed by atoms with Gasteiger partial charge >= 0.3 is 0 Å². The molecular weight excluding hydrogens is 208 g/mol. The van der Waals surface area contributed by atoms with Crippen LogP contribution in [-0.2, 0) is 7.05 Å². The van der Waals surface area contributed by atoms with Gasteiger partial charge in [0.25, 0.3) is 0 Å². The quantitative estimate of drug-likeness (QED) is 0.785. The van der Waals surface area contributed by atoms with Gasteiger partial charge in [0.2, 0.25) is 0 Å². The molecule has 4 nitrogen and oxygen atoms in total. The lowest BCUT2D eigenvalue weighted by atomic mass is 10.2. The van der Waals surface area contributed by atoms with Crippen molar-refractivity contribution in [2.45, 2.75) is 17.0 Å². The molecule has 0 saturated heterocycles. The van der Waals surface area contributed by atoms with E-state index >= 15 is 0 Å². The van der Waals surface area contributed by atoms with Crippen molar-refractivity contribution in [3.05, 3.63) is 30.1 Å². The smallest absolute Gasteiger partial charge is 0.190 e. The Morgan fingerprint density at radius 2 is 2.20 bits per heavy atom. The number of para-hydroxylation sites is 1. The van der Waals surface area contributed by atoms with Crippen LogP contribution in [0, 0.1) is 6.92 Å². The second kappa shape index (κ2) is 3.94. The molecule has 1 aromatic carbocycles.